The summed E-state index contributed by atoms with van der Waals surface area (Å²) in [6.07, 6.45) is 0. The molecule has 0 unspecified atom stereocenters. The first-order chi connectivity index (χ1) is 24.1. The van der Waals surface area contributed by atoms with E-state index in [9.17, 15) is 0 Å². The molecule has 49 heavy (non-hydrogen) atoms. The fraction of sp³-hybridized carbons (Fsp3) is 0.0444. The highest BCUT2D eigenvalue weighted by molar-refractivity contribution is 7.03. The number of nitrogens with zero attached hydrogens (tertiary/aromatic N) is 3. The summed E-state index contributed by atoms with van der Waals surface area (Å²) in [6, 6.07) is 58.1. The summed E-state index contributed by atoms with van der Waals surface area (Å²) >= 11 is 0. The van der Waals surface area contributed by atoms with Crippen LogP contribution in [0.5, 0.6) is 0 Å². The van der Waals surface area contributed by atoms with Crippen LogP contribution in [0.4, 0.5) is 0 Å². The monoisotopic (exact) mass is 643 g/mol. The van der Waals surface area contributed by atoms with Crippen LogP contribution >= 0.6 is 0 Å². The molecule has 0 atom stereocenters. The Morgan fingerprint density at radius 3 is 1.51 bits per heavy atom. The molecule has 0 aliphatic carbocycles. The smallest absolute Gasteiger partial charge is 0.164 e. The summed E-state index contributed by atoms with van der Waals surface area (Å²) < 4.78 is 0. The van der Waals surface area contributed by atoms with Crippen molar-refractivity contribution >= 4 is 29.2 Å². The van der Waals surface area contributed by atoms with Crippen LogP contribution in [-0.4, -0.2) is 23.0 Å². The molecule has 2 heterocycles. The maximum absolute atomic E-state index is 5.27. The third-order valence-electron chi connectivity index (χ3n) is 9.98. The van der Waals surface area contributed by atoms with E-state index in [1.165, 1.54) is 38.0 Å². The van der Waals surface area contributed by atoms with Crippen molar-refractivity contribution in [3.8, 4) is 67.5 Å². The van der Waals surface area contributed by atoms with Gasteiger partial charge in [0.05, 0.1) is 0 Å². The lowest BCUT2D eigenvalue weighted by Gasteiger charge is -2.19. The van der Waals surface area contributed by atoms with Crippen LogP contribution in [0.1, 0.15) is 0 Å². The zero-order valence-corrected chi connectivity index (χ0v) is 28.4. The van der Waals surface area contributed by atoms with Crippen LogP contribution in [0.3, 0.4) is 0 Å². The van der Waals surface area contributed by atoms with Gasteiger partial charge < -0.3 is 0 Å². The molecule has 0 spiro atoms. The lowest BCUT2D eigenvalue weighted by Crippen LogP contribution is -2.49. The number of hydrogen-bond acceptors (Lipinski definition) is 3. The van der Waals surface area contributed by atoms with E-state index in [1.807, 2.05) is 6.07 Å². The first-order valence-corrected chi connectivity index (χ1v) is 19.8. The third-order valence-corrected chi connectivity index (χ3v) is 13.5. The van der Waals surface area contributed by atoms with Gasteiger partial charge in [0.15, 0.2) is 17.5 Å². The van der Waals surface area contributed by atoms with Crippen LogP contribution in [0, 0.1) is 0 Å². The molecule has 1 aliphatic heterocycles. The minimum Gasteiger partial charge on any atom is -0.208 e. The summed E-state index contributed by atoms with van der Waals surface area (Å²) in [4.78, 5) is 15.8. The molecule has 9 rings (SSSR count). The topological polar surface area (TPSA) is 38.7 Å². The summed E-state index contributed by atoms with van der Waals surface area (Å²) in [5, 5.41) is 5.20. The van der Waals surface area contributed by atoms with Crippen molar-refractivity contribution in [3.05, 3.63) is 164 Å². The van der Waals surface area contributed by atoms with Crippen LogP contribution in [0.2, 0.25) is 13.1 Å². The van der Waals surface area contributed by atoms with E-state index >= 15 is 0 Å². The molecule has 1 aromatic heterocycles. The van der Waals surface area contributed by atoms with E-state index < -0.39 is 8.07 Å². The molecule has 8 aromatic rings. The minimum atomic E-state index is -1.90. The maximum Gasteiger partial charge on any atom is 0.164 e. The van der Waals surface area contributed by atoms with Gasteiger partial charge in [-0.05, 0) is 60.6 Å². The zero-order valence-electron chi connectivity index (χ0n) is 27.4. The number of hydrogen-bond donors (Lipinski definition) is 0. The third kappa shape index (κ3) is 4.92. The molecule has 0 amide bonds. The Kier molecular flexibility index (Phi) is 6.92. The second-order valence-electron chi connectivity index (χ2n) is 13.2. The second kappa shape index (κ2) is 11.6. The standard InChI is InChI=1S/C45H33N3Si/c1-49(2)41-24-14-13-22-37(41)38-26-25-32(29-42(38)49)43-46-44(39-23-12-9-19-33(39)30-15-5-3-6-16-30)48-45(47-43)40-28-27-34(31-17-7-4-8-18-31)35-20-10-11-21-36(35)40/h3-29H,1-2H3. The molecule has 4 heteroatoms. The average Bonchev–Trinajstić information content (AvgIpc) is 3.40. The fourth-order valence-electron chi connectivity index (χ4n) is 7.50. The molecule has 0 bridgehead atoms. The molecule has 0 saturated carbocycles. The molecule has 0 radical (unpaired) electrons. The lowest BCUT2D eigenvalue weighted by molar-refractivity contribution is 1.08. The van der Waals surface area contributed by atoms with Crippen molar-refractivity contribution in [2.24, 2.45) is 0 Å². The van der Waals surface area contributed by atoms with Gasteiger partial charge in [0.1, 0.15) is 8.07 Å². The molecule has 1 aliphatic rings. The first-order valence-electron chi connectivity index (χ1n) is 16.8. The fourth-order valence-corrected chi connectivity index (χ4v) is 10.6. The van der Waals surface area contributed by atoms with Gasteiger partial charge in [-0.3, -0.25) is 0 Å². The zero-order chi connectivity index (χ0) is 33.0. The van der Waals surface area contributed by atoms with Crippen LogP contribution in [-0.2, 0) is 0 Å². The number of aromatic nitrogens is 3. The van der Waals surface area contributed by atoms with Gasteiger partial charge in [-0.1, -0.05) is 171 Å². The van der Waals surface area contributed by atoms with Gasteiger partial charge >= 0.3 is 0 Å². The van der Waals surface area contributed by atoms with Gasteiger partial charge in [-0.15, -0.1) is 0 Å². The summed E-state index contributed by atoms with van der Waals surface area (Å²) in [7, 11) is -1.90. The van der Waals surface area contributed by atoms with E-state index in [1.54, 1.807) is 0 Å². The van der Waals surface area contributed by atoms with Crippen LogP contribution in [0.25, 0.3) is 78.3 Å². The molecule has 3 nitrogen and oxygen atoms in total. The largest absolute Gasteiger partial charge is 0.208 e. The Balaban J connectivity index is 1.28. The highest BCUT2D eigenvalue weighted by Gasteiger charge is 2.37. The van der Waals surface area contributed by atoms with E-state index in [0.29, 0.717) is 17.5 Å². The quantitative estimate of drug-likeness (QED) is 0.175. The van der Waals surface area contributed by atoms with Crippen LogP contribution in [0.15, 0.2) is 164 Å². The Labute approximate surface area is 287 Å². The number of rotatable bonds is 5. The van der Waals surface area contributed by atoms with E-state index in [-0.39, 0.29) is 0 Å². The van der Waals surface area contributed by atoms with Crippen molar-refractivity contribution in [3.63, 3.8) is 0 Å². The average molecular weight is 644 g/mol. The molecular formula is C45H33N3Si. The lowest BCUT2D eigenvalue weighted by atomic mass is 9.94. The number of fused-ring (bicyclic) bond motifs is 4. The van der Waals surface area contributed by atoms with Crippen molar-refractivity contribution in [2.75, 3.05) is 0 Å². The van der Waals surface area contributed by atoms with Gasteiger partial charge in [0, 0.05) is 16.7 Å². The van der Waals surface area contributed by atoms with Gasteiger partial charge in [-0.2, -0.15) is 0 Å². The first kappa shape index (κ1) is 29.2. The maximum atomic E-state index is 5.27. The Bertz CT molecular complexity index is 2520. The predicted molar refractivity (Wildman–Crippen MR) is 207 cm³/mol. The molecular weight excluding hydrogens is 611 g/mol. The predicted octanol–water partition coefficient (Wildman–Crippen LogP) is 10.2. The van der Waals surface area contributed by atoms with Crippen LogP contribution < -0.4 is 10.4 Å². The van der Waals surface area contributed by atoms with Crippen molar-refractivity contribution in [1.29, 1.82) is 0 Å². The van der Waals surface area contributed by atoms with Crippen molar-refractivity contribution in [1.82, 2.24) is 15.0 Å². The molecule has 232 valence electrons. The Hall–Kier alpha value is -5.97. The highest BCUT2D eigenvalue weighted by atomic mass is 28.3. The van der Waals surface area contributed by atoms with E-state index in [0.717, 1.165) is 33.2 Å². The summed E-state index contributed by atoms with van der Waals surface area (Å²) in [5.74, 6) is 2.01. The Morgan fingerprint density at radius 2 is 0.796 bits per heavy atom. The van der Waals surface area contributed by atoms with Gasteiger partial charge in [-0.25, -0.2) is 15.0 Å². The van der Waals surface area contributed by atoms with Crippen molar-refractivity contribution < 1.29 is 0 Å². The highest BCUT2D eigenvalue weighted by Crippen LogP contribution is 2.38. The molecule has 7 aromatic carbocycles. The minimum absolute atomic E-state index is 0.663. The van der Waals surface area contributed by atoms with Gasteiger partial charge in [0.25, 0.3) is 0 Å². The molecule has 0 N–H and O–H groups in total. The second-order valence-corrected chi connectivity index (χ2v) is 17.5. The Morgan fingerprint density at radius 1 is 0.327 bits per heavy atom. The van der Waals surface area contributed by atoms with Crippen molar-refractivity contribution in [2.45, 2.75) is 13.1 Å². The van der Waals surface area contributed by atoms with E-state index in [4.69, 9.17) is 15.0 Å². The van der Waals surface area contributed by atoms with Gasteiger partial charge in [0.2, 0.25) is 0 Å². The van der Waals surface area contributed by atoms with E-state index in [2.05, 4.69) is 171 Å². The SMILES string of the molecule is C[Si]1(C)c2ccccc2-c2ccc(-c3nc(-c4ccccc4-c4ccccc4)nc(-c4ccc(-c5ccccc5)c5ccccc45)n3)cc21. The normalized spacial score (nSPS) is 12.9. The molecule has 0 saturated heterocycles. The summed E-state index contributed by atoms with van der Waals surface area (Å²) in [5.41, 5.74) is 10.3. The molecule has 0 fully saturated rings. The summed E-state index contributed by atoms with van der Waals surface area (Å²) in [6.45, 7) is 4.89. The number of benzene rings is 7.